The number of carboxylic acids is 1. The van der Waals surface area contributed by atoms with Gasteiger partial charge in [0.15, 0.2) is 0 Å². The van der Waals surface area contributed by atoms with Crippen LogP contribution in [0.3, 0.4) is 0 Å². The van der Waals surface area contributed by atoms with E-state index >= 15 is 0 Å². The summed E-state index contributed by atoms with van der Waals surface area (Å²) >= 11 is 0. The van der Waals surface area contributed by atoms with Crippen molar-refractivity contribution in [1.82, 2.24) is 0 Å². The van der Waals surface area contributed by atoms with E-state index in [0.29, 0.717) is 0 Å². The smallest absolute Gasteiger partial charge is 0.300 e. The number of carbonyl (C=O) groups is 1. The molecule has 3 N–H and O–H groups in total. The zero-order valence-corrected chi connectivity index (χ0v) is 12.6. The number of rotatable bonds is 10. The molecule has 3 nitrogen and oxygen atoms in total. The highest BCUT2D eigenvalue weighted by atomic mass is 16.4. The van der Waals surface area contributed by atoms with Gasteiger partial charge in [-0.15, -0.1) is 0 Å². The van der Waals surface area contributed by atoms with Gasteiger partial charge >= 0.3 is 0 Å². The van der Waals surface area contributed by atoms with Crippen molar-refractivity contribution in [2.24, 2.45) is 11.7 Å². The van der Waals surface area contributed by atoms with Crippen molar-refractivity contribution in [3.8, 4) is 0 Å². The van der Waals surface area contributed by atoms with Gasteiger partial charge in [0.2, 0.25) is 0 Å². The molecule has 3 heteroatoms. The van der Waals surface area contributed by atoms with Gasteiger partial charge in [-0.2, -0.15) is 0 Å². The van der Waals surface area contributed by atoms with Crippen LogP contribution in [0.4, 0.5) is 0 Å². The average Bonchev–Trinajstić information content (AvgIpc) is 2.27. The lowest BCUT2D eigenvalue weighted by atomic mass is 9.99. The van der Waals surface area contributed by atoms with Gasteiger partial charge in [0.25, 0.3) is 5.97 Å². The largest absolute Gasteiger partial charge is 0.481 e. The van der Waals surface area contributed by atoms with Gasteiger partial charge in [-0.05, 0) is 18.9 Å². The molecule has 0 amide bonds. The second-order valence-corrected chi connectivity index (χ2v) is 5.11. The Bertz CT molecular complexity index is 168. The SMILES string of the molecule is CC(=O)O.CCCCCCCCCC(C)CCN. The third kappa shape index (κ3) is 24.6. The first-order valence-corrected chi connectivity index (χ1v) is 7.44. The summed E-state index contributed by atoms with van der Waals surface area (Å²) in [5.74, 6) is 0.00985. The zero-order chi connectivity index (χ0) is 14.2. The van der Waals surface area contributed by atoms with Crippen LogP contribution in [0.1, 0.15) is 78.6 Å². The van der Waals surface area contributed by atoms with E-state index < -0.39 is 5.97 Å². The molecule has 1 unspecified atom stereocenters. The zero-order valence-electron chi connectivity index (χ0n) is 12.6. The average molecular weight is 259 g/mol. The predicted molar refractivity (Wildman–Crippen MR) is 78.8 cm³/mol. The van der Waals surface area contributed by atoms with E-state index in [1.807, 2.05) is 0 Å². The van der Waals surface area contributed by atoms with Gasteiger partial charge < -0.3 is 10.8 Å². The van der Waals surface area contributed by atoms with E-state index in [4.69, 9.17) is 15.6 Å². The van der Waals surface area contributed by atoms with Gasteiger partial charge in [0, 0.05) is 6.92 Å². The maximum absolute atomic E-state index is 9.00. The van der Waals surface area contributed by atoms with E-state index in [9.17, 15) is 0 Å². The fourth-order valence-corrected chi connectivity index (χ4v) is 1.88. The van der Waals surface area contributed by atoms with Crippen LogP contribution in [0.2, 0.25) is 0 Å². The van der Waals surface area contributed by atoms with Crippen LogP contribution in [0, 0.1) is 5.92 Å². The maximum Gasteiger partial charge on any atom is 0.300 e. The highest BCUT2D eigenvalue weighted by Gasteiger charge is 1.99. The lowest BCUT2D eigenvalue weighted by Gasteiger charge is -2.08. The fraction of sp³-hybridized carbons (Fsp3) is 0.933. The fourth-order valence-electron chi connectivity index (χ4n) is 1.88. The molecule has 0 radical (unpaired) electrons. The summed E-state index contributed by atoms with van der Waals surface area (Å²) in [6.07, 6.45) is 12.5. The minimum Gasteiger partial charge on any atom is -0.481 e. The molecule has 0 aromatic heterocycles. The predicted octanol–water partition coefficient (Wildman–Crippen LogP) is 4.20. The molecule has 0 aliphatic rings. The van der Waals surface area contributed by atoms with E-state index in [1.54, 1.807) is 0 Å². The van der Waals surface area contributed by atoms with Crippen LogP contribution in [0.25, 0.3) is 0 Å². The summed E-state index contributed by atoms with van der Waals surface area (Å²) in [4.78, 5) is 9.00. The summed E-state index contributed by atoms with van der Waals surface area (Å²) in [6.45, 7) is 6.54. The first-order chi connectivity index (χ1) is 8.54. The molecule has 0 aromatic rings. The minimum absolute atomic E-state index is 0.833. The van der Waals surface area contributed by atoms with Crippen molar-refractivity contribution in [2.75, 3.05) is 6.54 Å². The van der Waals surface area contributed by atoms with Crippen LogP contribution < -0.4 is 5.73 Å². The van der Waals surface area contributed by atoms with Crippen LogP contribution in [0.5, 0.6) is 0 Å². The summed E-state index contributed by atoms with van der Waals surface area (Å²) in [5.41, 5.74) is 5.51. The van der Waals surface area contributed by atoms with Crippen LogP contribution in [-0.4, -0.2) is 17.6 Å². The third-order valence-electron chi connectivity index (χ3n) is 2.96. The molecule has 1 atom stereocenters. The number of nitrogens with two attached hydrogens (primary N) is 1. The molecule has 110 valence electrons. The molecular formula is C15H33NO2. The van der Waals surface area contributed by atoms with Crippen LogP contribution >= 0.6 is 0 Å². The standard InChI is InChI=1S/C13H29N.C2H4O2/c1-3-4-5-6-7-8-9-10-13(2)11-12-14;1-2(3)4/h13H,3-12,14H2,1-2H3;1H3,(H,3,4). The molecule has 0 fully saturated rings. The van der Waals surface area contributed by atoms with Crippen LogP contribution in [-0.2, 0) is 4.79 Å². The lowest BCUT2D eigenvalue weighted by molar-refractivity contribution is -0.134. The minimum atomic E-state index is -0.833. The Morgan fingerprint density at radius 2 is 1.50 bits per heavy atom. The summed E-state index contributed by atoms with van der Waals surface area (Å²) in [6, 6.07) is 0. The van der Waals surface area contributed by atoms with E-state index in [-0.39, 0.29) is 0 Å². The second kappa shape index (κ2) is 16.4. The number of unbranched alkanes of at least 4 members (excludes halogenated alkanes) is 6. The van der Waals surface area contributed by atoms with Crippen molar-refractivity contribution in [2.45, 2.75) is 78.6 Å². The second-order valence-electron chi connectivity index (χ2n) is 5.11. The number of hydrogen-bond acceptors (Lipinski definition) is 2. The topological polar surface area (TPSA) is 63.3 Å². The Balaban J connectivity index is 0. The van der Waals surface area contributed by atoms with E-state index in [1.165, 1.54) is 57.8 Å². The first kappa shape index (κ1) is 19.8. The van der Waals surface area contributed by atoms with Crippen molar-refractivity contribution in [1.29, 1.82) is 0 Å². The number of carboxylic acid groups (broad SMARTS) is 1. The lowest BCUT2D eigenvalue weighted by Crippen LogP contribution is -2.05. The Hall–Kier alpha value is -0.570. The molecule has 0 rings (SSSR count). The Kier molecular flexibility index (Phi) is 18.0. The molecule has 0 aromatic carbocycles. The molecule has 0 saturated carbocycles. The molecule has 0 bridgehead atoms. The molecule has 0 spiro atoms. The van der Waals surface area contributed by atoms with Gasteiger partial charge in [-0.1, -0.05) is 65.2 Å². The van der Waals surface area contributed by atoms with Crippen molar-refractivity contribution in [3.05, 3.63) is 0 Å². The maximum atomic E-state index is 9.00. The Labute approximate surface area is 113 Å². The quantitative estimate of drug-likeness (QED) is 0.578. The van der Waals surface area contributed by atoms with Gasteiger partial charge in [0.1, 0.15) is 0 Å². The monoisotopic (exact) mass is 259 g/mol. The summed E-state index contributed by atoms with van der Waals surface area (Å²) in [7, 11) is 0. The highest BCUT2D eigenvalue weighted by Crippen LogP contribution is 2.14. The summed E-state index contributed by atoms with van der Waals surface area (Å²) < 4.78 is 0. The molecule has 0 saturated heterocycles. The Morgan fingerprint density at radius 1 is 1.06 bits per heavy atom. The first-order valence-electron chi connectivity index (χ1n) is 7.44. The van der Waals surface area contributed by atoms with Crippen LogP contribution in [0.15, 0.2) is 0 Å². The molecular weight excluding hydrogens is 226 g/mol. The van der Waals surface area contributed by atoms with Crippen molar-refractivity contribution >= 4 is 5.97 Å². The van der Waals surface area contributed by atoms with Crippen molar-refractivity contribution < 1.29 is 9.90 Å². The summed E-state index contributed by atoms with van der Waals surface area (Å²) in [5, 5.41) is 7.42. The van der Waals surface area contributed by atoms with Crippen molar-refractivity contribution in [3.63, 3.8) is 0 Å². The molecule has 0 aliphatic heterocycles. The van der Waals surface area contributed by atoms with Gasteiger partial charge in [0.05, 0.1) is 0 Å². The number of aliphatic carboxylic acids is 1. The van der Waals surface area contributed by atoms with E-state index in [2.05, 4.69) is 13.8 Å². The molecule has 0 aliphatic carbocycles. The molecule has 18 heavy (non-hydrogen) atoms. The van der Waals surface area contributed by atoms with E-state index in [0.717, 1.165) is 19.4 Å². The number of hydrogen-bond donors (Lipinski definition) is 2. The third-order valence-corrected chi connectivity index (χ3v) is 2.96. The Morgan fingerprint density at radius 3 is 1.94 bits per heavy atom. The van der Waals surface area contributed by atoms with Gasteiger partial charge in [-0.3, -0.25) is 4.79 Å². The molecule has 0 heterocycles. The van der Waals surface area contributed by atoms with Gasteiger partial charge in [-0.25, -0.2) is 0 Å². The normalized spacial score (nSPS) is 11.6. The highest BCUT2D eigenvalue weighted by molar-refractivity contribution is 5.62.